The van der Waals surface area contributed by atoms with Crippen LogP contribution in [0.15, 0.2) is 48.5 Å². The highest BCUT2D eigenvalue weighted by molar-refractivity contribution is 6.24. The van der Waals surface area contributed by atoms with Gasteiger partial charge in [-0.1, -0.05) is 30.3 Å². The van der Waals surface area contributed by atoms with Crippen LogP contribution in [0.1, 0.15) is 18.2 Å². The van der Waals surface area contributed by atoms with Crippen molar-refractivity contribution in [3.8, 4) is 5.75 Å². The Morgan fingerprint density at radius 1 is 1.07 bits per heavy atom. The van der Waals surface area contributed by atoms with Gasteiger partial charge in [-0.25, -0.2) is 9.69 Å². The SMILES string of the molecule is COc1ccccc1N1C(=O)N2CCc3c([nH]c4ccccc34)[C@@]2(C)C1=O. The van der Waals surface area contributed by atoms with E-state index in [1.54, 1.807) is 23.1 Å². The standard InChI is InChI=1S/C21H19N3O3/c1-21-18-14(13-7-3-4-8-15(13)22-18)11-12-23(21)20(26)24(19(21)25)16-9-5-6-10-17(16)27-2/h3-10,22H,11-12H2,1-2H3/t21-/m0/s1. The molecule has 0 aliphatic carbocycles. The molecule has 3 heterocycles. The summed E-state index contributed by atoms with van der Waals surface area (Å²) in [5.41, 5.74) is 2.34. The van der Waals surface area contributed by atoms with Gasteiger partial charge in [0.1, 0.15) is 5.75 Å². The Kier molecular flexibility index (Phi) is 3.16. The smallest absolute Gasteiger partial charge is 0.332 e. The van der Waals surface area contributed by atoms with Crippen LogP contribution in [0.3, 0.4) is 0 Å². The lowest BCUT2D eigenvalue weighted by Crippen LogP contribution is -2.49. The van der Waals surface area contributed by atoms with Crippen LogP contribution in [0.2, 0.25) is 0 Å². The summed E-state index contributed by atoms with van der Waals surface area (Å²) in [5.74, 6) is 0.240. The second-order valence-corrected chi connectivity index (χ2v) is 7.09. The fourth-order valence-electron chi connectivity index (χ4n) is 4.42. The number of para-hydroxylation sites is 3. The number of aromatic nitrogens is 1. The molecule has 3 amide bonds. The topological polar surface area (TPSA) is 65.6 Å². The molecule has 2 aliphatic rings. The number of imide groups is 1. The minimum absolute atomic E-state index is 0.260. The molecule has 2 aromatic carbocycles. The normalized spacial score (nSPS) is 21.6. The predicted octanol–water partition coefficient (Wildman–Crippen LogP) is 3.42. The minimum atomic E-state index is -1.05. The highest BCUT2D eigenvalue weighted by Crippen LogP contribution is 2.46. The van der Waals surface area contributed by atoms with E-state index in [0.29, 0.717) is 24.4 Å². The number of urea groups is 1. The number of carbonyl (C=O) groups is 2. The van der Waals surface area contributed by atoms with E-state index < -0.39 is 5.54 Å². The van der Waals surface area contributed by atoms with E-state index in [1.807, 2.05) is 31.2 Å². The summed E-state index contributed by atoms with van der Waals surface area (Å²) >= 11 is 0. The summed E-state index contributed by atoms with van der Waals surface area (Å²) in [6.45, 7) is 2.33. The van der Waals surface area contributed by atoms with Gasteiger partial charge < -0.3 is 14.6 Å². The molecule has 0 saturated carbocycles. The average Bonchev–Trinajstić information content (AvgIpc) is 3.16. The molecule has 6 nitrogen and oxygen atoms in total. The van der Waals surface area contributed by atoms with Gasteiger partial charge in [-0.2, -0.15) is 0 Å². The molecule has 1 aromatic heterocycles. The Hall–Kier alpha value is -3.28. The van der Waals surface area contributed by atoms with E-state index in [0.717, 1.165) is 22.2 Å². The number of nitrogens with zero attached hydrogens (tertiary/aromatic N) is 2. The van der Waals surface area contributed by atoms with Gasteiger partial charge in [-0.15, -0.1) is 0 Å². The molecule has 27 heavy (non-hydrogen) atoms. The summed E-state index contributed by atoms with van der Waals surface area (Å²) in [7, 11) is 1.54. The maximum Gasteiger partial charge on any atom is 0.332 e. The average molecular weight is 361 g/mol. The maximum atomic E-state index is 13.6. The molecule has 0 spiro atoms. The zero-order valence-corrected chi connectivity index (χ0v) is 15.2. The third kappa shape index (κ3) is 1.90. The first kappa shape index (κ1) is 15.9. The summed E-state index contributed by atoms with van der Waals surface area (Å²) in [4.78, 5) is 33.1. The van der Waals surface area contributed by atoms with Crippen LogP contribution in [0, 0.1) is 0 Å². The third-order valence-electron chi connectivity index (χ3n) is 5.79. The number of hydrogen-bond acceptors (Lipinski definition) is 3. The Bertz CT molecular complexity index is 1100. The van der Waals surface area contributed by atoms with Crippen molar-refractivity contribution < 1.29 is 14.3 Å². The Morgan fingerprint density at radius 2 is 1.81 bits per heavy atom. The van der Waals surface area contributed by atoms with E-state index in [9.17, 15) is 9.59 Å². The van der Waals surface area contributed by atoms with Gasteiger partial charge in [-0.05, 0) is 37.1 Å². The maximum absolute atomic E-state index is 13.6. The van der Waals surface area contributed by atoms with Gasteiger partial charge in [0.15, 0.2) is 5.54 Å². The van der Waals surface area contributed by atoms with Gasteiger partial charge in [0.05, 0.1) is 18.5 Å². The van der Waals surface area contributed by atoms with Crippen molar-refractivity contribution in [3.63, 3.8) is 0 Å². The molecule has 136 valence electrons. The van der Waals surface area contributed by atoms with Crippen molar-refractivity contribution in [2.75, 3.05) is 18.6 Å². The number of aromatic amines is 1. The van der Waals surface area contributed by atoms with E-state index in [-0.39, 0.29) is 11.9 Å². The molecule has 0 radical (unpaired) electrons. The zero-order valence-electron chi connectivity index (χ0n) is 15.2. The first-order chi connectivity index (χ1) is 13.1. The third-order valence-corrected chi connectivity index (χ3v) is 5.79. The van der Waals surface area contributed by atoms with Crippen LogP contribution >= 0.6 is 0 Å². The van der Waals surface area contributed by atoms with E-state index in [4.69, 9.17) is 4.74 Å². The molecular weight excluding hydrogens is 342 g/mol. The van der Waals surface area contributed by atoms with Gasteiger partial charge in [0.25, 0.3) is 5.91 Å². The molecule has 1 fully saturated rings. The van der Waals surface area contributed by atoms with Crippen LogP contribution in [0.25, 0.3) is 10.9 Å². The molecular formula is C21H19N3O3. The number of H-pyrrole nitrogens is 1. The van der Waals surface area contributed by atoms with Crippen molar-refractivity contribution in [1.29, 1.82) is 0 Å². The zero-order chi connectivity index (χ0) is 18.8. The van der Waals surface area contributed by atoms with E-state index >= 15 is 0 Å². The fourth-order valence-corrected chi connectivity index (χ4v) is 4.42. The van der Waals surface area contributed by atoms with Crippen molar-refractivity contribution in [2.24, 2.45) is 0 Å². The van der Waals surface area contributed by atoms with E-state index in [2.05, 4.69) is 11.1 Å². The van der Waals surface area contributed by atoms with Crippen LogP contribution in [0.5, 0.6) is 5.75 Å². The summed E-state index contributed by atoms with van der Waals surface area (Å²) in [6.07, 6.45) is 0.716. The number of rotatable bonds is 2. The molecule has 0 unspecified atom stereocenters. The van der Waals surface area contributed by atoms with Crippen molar-refractivity contribution in [2.45, 2.75) is 18.9 Å². The molecule has 1 N–H and O–H groups in total. The molecule has 1 saturated heterocycles. The van der Waals surface area contributed by atoms with Gasteiger partial charge >= 0.3 is 6.03 Å². The minimum Gasteiger partial charge on any atom is -0.495 e. The van der Waals surface area contributed by atoms with E-state index in [1.165, 1.54) is 12.0 Å². The van der Waals surface area contributed by atoms with Crippen LogP contribution in [0.4, 0.5) is 10.5 Å². The Morgan fingerprint density at radius 3 is 2.63 bits per heavy atom. The lowest BCUT2D eigenvalue weighted by atomic mass is 9.87. The Labute approximate surface area is 156 Å². The van der Waals surface area contributed by atoms with Crippen molar-refractivity contribution >= 4 is 28.5 Å². The Balaban J connectivity index is 1.71. The quantitative estimate of drug-likeness (QED) is 0.712. The number of anilines is 1. The second kappa shape index (κ2) is 5.36. The second-order valence-electron chi connectivity index (χ2n) is 7.09. The number of nitrogens with one attached hydrogen (secondary N) is 1. The van der Waals surface area contributed by atoms with Crippen molar-refractivity contribution in [1.82, 2.24) is 9.88 Å². The summed E-state index contributed by atoms with van der Waals surface area (Å²) in [6, 6.07) is 14.8. The van der Waals surface area contributed by atoms with Crippen LogP contribution < -0.4 is 9.64 Å². The van der Waals surface area contributed by atoms with Crippen LogP contribution in [-0.4, -0.2) is 35.5 Å². The molecule has 2 aliphatic heterocycles. The fraction of sp³-hybridized carbons (Fsp3) is 0.238. The number of methoxy groups -OCH3 is 1. The molecule has 3 aromatic rings. The lowest BCUT2D eigenvalue weighted by molar-refractivity contribution is -0.125. The molecule has 1 atom stereocenters. The van der Waals surface area contributed by atoms with Crippen molar-refractivity contribution in [3.05, 3.63) is 59.8 Å². The number of amides is 3. The van der Waals surface area contributed by atoms with Gasteiger partial charge in [0, 0.05) is 17.4 Å². The highest BCUT2D eigenvalue weighted by atomic mass is 16.5. The highest BCUT2D eigenvalue weighted by Gasteiger charge is 2.59. The molecule has 6 heteroatoms. The first-order valence-corrected chi connectivity index (χ1v) is 8.96. The number of fused-ring (bicyclic) bond motifs is 5. The predicted molar refractivity (Wildman–Crippen MR) is 102 cm³/mol. The first-order valence-electron chi connectivity index (χ1n) is 8.96. The number of ether oxygens (including phenoxy) is 1. The number of benzene rings is 2. The number of carbonyl (C=O) groups excluding carboxylic acids is 2. The van der Waals surface area contributed by atoms with Gasteiger partial charge in [-0.3, -0.25) is 4.79 Å². The van der Waals surface area contributed by atoms with Crippen LogP contribution in [-0.2, 0) is 16.8 Å². The lowest BCUT2D eigenvalue weighted by Gasteiger charge is -2.35. The molecule has 5 rings (SSSR count). The summed E-state index contributed by atoms with van der Waals surface area (Å²) in [5, 5.41) is 1.12. The monoisotopic (exact) mass is 361 g/mol. The van der Waals surface area contributed by atoms with Gasteiger partial charge in [0.2, 0.25) is 0 Å². The molecule has 0 bridgehead atoms. The summed E-state index contributed by atoms with van der Waals surface area (Å²) < 4.78 is 5.39. The number of hydrogen-bond donors (Lipinski definition) is 1. The largest absolute Gasteiger partial charge is 0.495 e.